The van der Waals surface area contributed by atoms with Crippen molar-refractivity contribution in [2.24, 2.45) is 0 Å². The van der Waals surface area contributed by atoms with Crippen molar-refractivity contribution in [3.63, 3.8) is 0 Å². The van der Waals surface area contributed by atoms with Gasteiger partial charge in [-0.2, -0.15) is 0 Å². The number of hydrogen-bond acceptors (Lipinski definition) is 1. The Labute approximate surface area is 121 Å². The molecule has 0 radical (unpaired) electrons. The predicted octanol–water partition coefficient (Wildman–Crippen LogP) is 5.53. The molecule has 0 saturated carbocycles. The van der Waals surface area contributed by atoms with Gasteiger partial charge in [-0.05, 0) is 18.6 Å². The van der Waals surface area contributed by atoms with Crippen LogP contribution >= 0.6 is 15.9 Å². The van der Waals surface area contributed by atoms with E-state index in [0.717, 1.165) is 6.42 Å². The van der Waals surface area contributed by atoms with Crippen LogP contribution in [0.3, 0.4) is 0 Å². The van der Waals surface area contributed by atoms with Gasteiger partial charge in [-0.1, -0.05) is 73.9 Å². The van der Waals surface area contributed by atoms with Crippen LogP contribution < -0.4 is 0 Å². The van der Waals surface area contributed by atoms with Gasteiger partial charge in [0.15, 0.2) is 0 Å². The first-order valence-corrected chi connectivity index (χ1v) is 8.28. The summed E-state index contributed by atoms with van der Waals surface area (Å²) in [5.41, 5.74) is 1.20. The van der Waals surface area contributed by atoms with Crippen molar-refractivity contribution in [1.29, 1.82) is 0 Å². The molecule has 18 heavy (non-hydrogen) atoms. The third kappa shape index (κ3) is 7.86. The summed E-state index contributed by atoms with van der Waals surface area (Å²) < 4.78 is 0. The fraction of sp³-hybridized carbons (Fsp3) is 0.688. The quantitative estimate of drug-likeness (QED) is 0.409. The average Bonchev–Trinajstić information content (AvgIpc) is 2.39. The zero-order chi connectivity index (χ0) is 13.1. The van der Waals surface area contributed by atoms with Crippen molar-refractivity contribution >= 4 is 15.9 Å². The highest BCUT2D eigenvalue weighted by atomic mass is 79.9. The van der Waals surface area contributed by atoms with Crippen LogP contribution in [0, 0.1) is 0 Å². The summed E-state index contributed by atoms with van der Waals surface area (Å²) >= 11 is 3.77. The first kappa shape index (κ1) is 15.7. The number of pyridine rings is 1. The van der Waals surface area contributed by atoms with Gasteiger partial charge in [-0.3, -0.25) is 4.98 Å². The van der Waals surface area contributed by atoms with Crippen molar-refractivity contribution in [3.8, 4) is 0 Å². The zero-order valence-corrected chi connectivity index (χ0v) is 13.2. The maximum Gasteiger partial charge on any atom is 0.0414 e. The molecule has 102 valence electrons. The van der Waals surface area contributed by atoms with Crippen LogP contribution in [0.2, 0.25) is 0 Å². The van der Waals surface area contributed by atoms with Gasteiger partial charge in [0.05, 0.1) is 0 Å². The molecule has 0 aliphatic rings. The molecule has 0 fully saturated rings. The van der Waals surface area contributed by atoms with Crippen molar-refractivity contribution in [2.75, 3.05) is 0 Å². The van der Waals surface area contributed by atoms with Crippen LogP contribution in [-0.2, 0) is 6.42 Å². The second kappa shape index (κ2) is 10.5. The predicted molar refractivity (Wildman–Crippen MR) is 83.3 cm³/mol. The number of alkyl halides is 1. The monoisotopic (exact) mass is 311 g/mol. The number of hydrogen-bond donors (Lipinski definition) is 0. The number of aromatic nitrogens is 1. The van der Waals surface area contributed by atoms with Gasteiger partial charge in [-0.15, -0.1) is 0 Å². The molecule has 0 aromatic carbocycles. The molecule has 0 bridgehead atoms. The Bertz CT molecular complexity index is 286. The zero-order valence-electron chi connectivity index (χ0n) is 11.6. The van der Waals surface area contributed by atoms with Crippen LogP contribution in [-0.4, -0.2) is 9.81 Å². The van der Waals surface area contributed by atoms with Crippen molar-refractivity contribution in [2.45, 2.75) is 69.5 Å². The number of nitrogens with zero attached hydrogens (tertiary/aromatic N) is 1. The smallest absolute Gasteiger partial charge is 0.0414 e. The Morgan fingerprint density at radius 2 is 1.78 bits per heavy atom. The minimum atomic E-state index is 0.586. The molecule has 0 spiro atoms. The van der Waals surface area contributed by atoms with Gasteiger partial charge in [-0.25, -0.2) is 0 Å². The fourth-order valence-corrected chi connectivity index (χ4v) is 2.83. The largest absolute Gasteiger partial charge is 0.261 e. The summed E-state index contributed by atoms with van der Waals surface area (Å²) in [6.07, 6.45) is 13.9. The summed E-state index contributed by atoms with van der Waals surface area (Å²) in [4.78, 5) is 4.95. The Kier molecular flexibility index (Phi) is 9.19. The molecule has 1 aromatic rings. The highest BCUT2D eigenvalue weighted by Crippen LogP contribution is 2.16. The molecule has 1 heterocycles. The van der Waals surface area contributed by atoms with Gasteiger partial charge >= 0.3 is 0 Å². The van der Waals surface area contributed by atoms with E-state index in [9.17, 15) is 0 Å². The molecule has 0 N–H and O–H groups in total. The highest BCUT2D eigenvalue weighted by molar-refractivity contribution is 9.09. The highest BCUT2D eigenvalue weighted by Gasteiger charge is 2.05. The van der Waals surface area contributed by atoms with E-state index in [4.69, 9.17) is 0 Å². The van der Waals surface area contributed by atoms with Crippen LogP contribution in [0.4, 0.5) is 0 Å². The summed E-state index contributed by atoms with van der Waals surface area (Å²) in [6, 6.07) is 6.15. The summed E-state index contributed by atoms with van der Waals surface area (Å²) in [7, 11) is 0. The molecule has 1 nitrogen and oxygen atoms in total. The van der Waals surface area contributed by atoms with Crippen LogP contribution in [0.5, 0.6) is 0 Å². The molecule has 2 heteroatoms. The van der Waals surface area contributed by atoms with E-state index >= 15 is 0 Å². The van der Waals surface area contributed by atoms with E-state index in [2.05, 4.69) is 40.0 Å². The molecular formula is C16H26BrN. The van der Waals surface area contributed by atoms with Crippen molar-refractivity contribution < 1.29 is 0 Å². The minimum absolute atomic E-state index is 0.586. The van der Waals surface area contributed by atoms with Crippen molar-refractivity contribution in [1.82, 2.24) is 4.98 Å². The summed E-state index contributed by atoms with van der Waals surface area (Å²) in [6.45, 7) is 2.27. The topological polar surface area (TPSA) is 12.9 Å². The molecular weight excluding hydrogens is 286 g/mol. The lowest BCUT2D eigenvalue weighted by Crippen LogP contribution is -2.04. The summed E-state index contributed by atoms with van der Waals surface area (Å²) in [5.74, 6) is 0. The van der Waals surface area contributed by atoms with E-state index in [1.807, 2.05) is 12.3 Å². The first-order chi connectivity index (χ1) is 8.83. The lowest BCUT2D eigenvalue weighted by molar-refractivity contribution is 0.569. The van der Waals surface area contributed by atoms with Gasteiger partial charge in [0, 0.05) is 23.1 Å². The van der Waals surface area contributed by atoms with E-state index in [1.165, 1.54) is 57.1 Å². The standard InChI is InChI=1S/C16H26BrN/c1-2-3-4-5-6-7-8-11-15(17)14-16-12-9-10-13-18-16/h9-10,12-13,15H,2-8,11,14H2,1H3. The molecule has 1 aromatic heterocycles. The van der Waals surface area contributed by atoms with Crippen LogP contribution in [0.1, 0.15) is 64.0 Å². The third-order valence-corrected chi connectivity index (χ3v) is 4.06. The lowest BCUT2D eigenvalue weighted by Gasteiger charge is -2.09. The summed E-state index contributed by atoms with van der Waals surface area (Å²) in [5, 5.41) is 0. The Hall–Kier alpha value is -0.370. The second-order valence-corrected chi connectivity index (χ2v) is 6.33. The molecule has 0 saturated heterocycles. The minimum Gasteiger partial charge on any atom is -0.261 e. The lowest BCUT2D eigenvalue weighted by atomic mass is 10.1. The van der Waals surface area contributed by atoms with Gasteiger partial charge in [0.2, 0.25) is 0 Å². The van der Waals surface area contributed by atoms with Gasteiger partial charge in [0.25, 0.3) is 0 Å². The number of halogens is 1. The SMILES string of the molecule is CCCCCCCCCC(Br)Cc1ccccn1. The Morgan fingerprint density at radius 3 is 2.44 bits per heavy atom. The maximum atomic E-state index is 4.37. The van der Waals surface area contributed by atoms with Crippen LogP contribution in [0.15, 0.2) is 24.4 Å². The van der Waals surface area contributed by atoms with Crippen LogP contribution in [0.25, 0.3) is 0 Å². The van der Waals surface area contributed by atoms with Crippen molar-refractivity contribution in [3.05, 3.63) is 30.1 Å². The Balaban J connectivity index is 1.99. The van der Waals surface area contributed by atoms with Gasteiger partial charge < -0.3 is 0 Å². The molecule has 0 aliphatic heterocycles. The number of unbranched alkanes of at least 4 members (excludes halogenated alkanes) is 6. The molecule has 0 amide bonds. The Morgan fingerprint density at radius 1 is 1.06 bits per heavy atom. The van der Waals surface area contributed by atoms with E-state index < -0.39 is 0 Å². The molecule has 1 unspecified atom stereocenters. The van der Waals surface area contributed by atoms with Gasteiger partial charge in [0.1, 0.15) is 0 Å². The first-order valence-electron chi connectivity index (χ1n) is 7.37. The second-order valence-electron chi connectivity index (χ2n) is 5.03. The fourth-order valence-electron chi connectivity index (χ4n) is 2.17. The third-order valence-electron chi connectivity index (χ3n) is 3.28. The average molecular weight is 312 g/mol. The van der Waals surface area contributed by atoms with E-state index in [0.29, 0.717) is 4.83 Å². The molecule has 0 aliphatic carbocycles. The molecule has 1 rings (SSSR count). The number of rotatable bonds is 10. The van der Waals surface area contributed by atoms with E-state index in [-0.39, 0.29) is 0 Å². The normalized spacial score (nSPS) is 12.6. The maximum absolute atomic E-state index is 4.37. The van der Waals surface area contributed by atoms with E-state index in [1.54, 1.807) is 0 Å². The molecule has 1 atom stereocenters.